The molecule has 9 nitrogen and oxygen atoms in total. The smallest absolute Gasteiger partial charge is 0.248 e. The summed E-state index contributed by atoms with van der Waals surface area (Å²) < 4.78 is 31.0. The quantitative estimate of drug-likeness (QED) is 0.778. The van der Waals surface area contributed by atoms with E-state index in [2.05, 4.69) is 19.6 Å². The van der Waals surface area contributed by atoms with Crippen molar-refractivity contribution < 1.29 is 12.9 Å². The minimum absolute atomic E-state index is 0.0812. The Morgan fingerprint density at radius 3 is 2.46 bits per heavy atom. The van der Waals surface area contributed by atoms with E-state index in [1.54, 1.807) is 0 Å². The van der Waals surface area contributed by atoms with E-state index in [4.69, 9.17) is 0 Å². The van der Waals surface area contributed by atoms with Crippen LogP contribution in [0.5, 0.6) is 0 Å². The van der Waals surface area contributed by atoms with E-state index in [-0.39, 0.29) is 4.90 Å². The van der Waals surface area contributed by atoms with E-state index in [0.29, 0.717) is 32.1 Å². The molecule has 3 rings (SSSR count). The summed E-state index contributed by atoms with van der Waals surface area (Å²) in [5, 5.41) is 3.47. The molecule has 10 heteroatoms. The van der Waals surface area contributed by atoms with Gasteiger partial charge in [-0.15, -0.1) is 0 Å². The maximum absolute atomic E-state index is 12.5. The van der Waals surface area contributed by atoms with Crippen LogP contribution in [-0.2, 0) is 10.0 Å². The number of nitrogens with zero attached hydrogens (tertiary/aromatic N) is 6. The molecule has 0 bridgehead atoms. The highest BCUT2D eigenvalue weighted by atomic mass is 32.2. The minimum atomic E-state index is -3.55. The van der Waals surface area contributed by atoms with Crippen molar-refractivity contribution >= 4 is 21.8 Å². The second-order valence-electron chi connectivity index (χ2n) is 5.81. The van der Waals surface area contributed by atoms with Gasteiger partial charge in [-0.3, -0.25) is 0 Å². The molecule has 0 N–H and O–H groups in total. The van der Waals surface area contributed by atoms with Gasteiger partial charge in [0, 0.05) is 52.0 Å². The van der Waals surface area contributed by atoms with E-state index in [1.165, 1.54) is 10.5 Å². The lowest BCUT2D eigenvalue weighted by molar-refractivity contribution is 0.381. The van der Waals surface area contributed by atoms with Gasteiger partial charge < -0.3 is 14.3 Å². The van der Waals surface area contributed by atoms with E-state index >= 15 is 0 Å². The topological polar surface area (TPSA) is 95.7 Å². The summed E-state index contributed by atoms with van der Waals surface area (Å²) in [7, 11) is 0.299. The van der Waals surface area contributed by atoms with Gasteiger partial charge in [0.2, 0.25) is 16.0 Å². The first kappa shape index (κ1) is 16.7. The molecule has 0 atom stereocenters. The van der Waals surface area contributed by atoms with Crippen molar-refractivity contribution in [3.05, 3.63) is 24.2 Å². The molecular weight excluding hydrogens is 332 g/mol. The number of aromatic nitrogens is 3. The van der Waals surface area contributed by atoms with Crippen LogP contribution in [0.1, 0.15) is 5.69 Å². The molecule has 0 aliphatic carbocycles. The molecule has 2 aromatic heterocycles. The molecule has 1 aliphatic rings. The first-order valence-corrected chi connectivity index (χ1v) is 8.99. The molecule has 2 aromatic rings. The van der Waals surface area contributed by atoms with E-state index in [9.17, 15) is 8.42 Å². The highest BCUT2D eigenvalue weighted by Gasteiger charge is 2.30. The van der Waals surface area contributed by atoms with Crippen molar-refractivity contribution in [2.24, 2.45) is 0 Å². The maximum atomic E-state index is 12.5. The Balaban J connectivity index is 1.74. The van der Waals surface area contributed by atoms with Crippen molar-refractivity contribution in [1.29, 1.82) is 0 Å². The number of piperazine rings is 1. The summed E-state index contributed by atoms with van der Waals surface area (Å²) in [6, 6.07) is 1.91. The van der Waals surface area contributed by atoms with Gasteiger partial charge >= 0.3 is 0 Å². The number of hydrogen-bond donors (Lipinski definition) is 0. The molecule has 1 saturated heterocycles. The van der Waals surface area contributed by atoms with Crippen LogP contribution in [-0.4, -0.2) is 68.1 Å². The fourth-order valence-electron chi connectivity index (χ4n) is 2.51. The SMILES string of the molecule is Cc1cc(N(C)C)nc(N2CCN(S(=O)(=O)c3cnoc3)CC2)n1. The molecule has 0 spiro atoms. The van der Waals surface area contributed by atoms with Gasteiger partial charge in [0.1, 0.15) is 17.0 Å². The molecule has 1 fully saturated rings. The molecule has 130 valence electrons. The molecule has 1 aliphatic heterocycles. The standard InChI is InChI=1S/C14H20N6O3S/c1-11-8-13(18(2)3)17-14(16-11)19-4-6-20(7-5-19)24(21,22)12-9-15-23-10-12/h8-10H,4-7H2,1-3H3. The Bertz CT molecular complexity index is 798. The Kier molecular flexibility index (Phi) is 4.41. The first-order chi connectivity index (χ1) is 11.4. The molecule has 0 amide bonds. The third-order valence-electron chi connectivity index (χ3n) is 3.86. The summed E-state index contributed by atoms with van der Waals surface area (Å²) in [4.78, 5) is 13.0. The average Bonchev–Trinajstić information content (AvgIpc) is 3.09. The number of sulfonamides is 1. The van der Waals surface area contributed by atoms with E-state index in [0.717, 1.165) is 17.8 Å². The molecule has 24 heavy (non-hydrogen) atoms. The van der Waals surface area contributed by atoms with Crippen LogP contribution in [0.3, 0.4) is 0 Å². The van der Waals surface area contributed by atoms with Crippen molar-refractivity contribution in [2.75, 3.05) is 50.1 Å². The van der Waals surface area contributed by atoms with Gasteiger partial charge in [-0.05, 0) is 6.92 Å². The monoisotopic (exact) mass is 352 g/mol. The molecule has 0 unspecified atom stereocenters. The zero-order valence-corrected chi connectivity index (χ0v) is 14.7. The van der Waals surface area contributed by atoms with Crippen LogP contribution in [0.4, 0.5) is 11.8 Å². The second-order valence-corrected chi connectivity index (χ2v) is 7.75. The molecular formula is C14H20N6O3S. The van der Waals surface area contributed by atoms with Gasteiger partial charge in [-0.25, -0.2) is 13.4 Å². The molecule has 3 heterocycles. The fraction of sp³-hybridized carbons (Fsp3) is 0.500. The van der Waals surface area contributed by atoms with Crippen LogP contribution in [0, 0.1) is 6.92 Å². The van der Waals surface area contributed by atoms with E-state index in [1.807, 2.05) is 36.9 Å². The average molecular weight is 352 g/mol. The number of hydrogen-bond acceptors (Lipinski definition) is 8. The van der Waals surface area contributed by atoms with Crippen molar-refractivity contribution in [3.8, 4) is 0 Å². The molecule has 0 radical (unpaired) electrons. The zero-order chi connectivity index (χ0) is 17.3. The van der Waals surface area contributed by atoms with Crippen molar-refractivity contribution in [3.63, 3.8) is 0 Å². The molecule has 0 saturated carbocycles. The van der Waals surface area contributed by atoms with Gasteiger partial charge in [0.15, 0.2) is 0 Å². The Morgan fingerprint density at radius 2 is 1.88 bits per heavy atom. The second kappa shape index (κ2) is 6.36. The first-order valence-electron chi connectivity index (χ1n) is 7.55. The fourth-order valence-corrected chi connectivity index (χ4v) is 3.79. The van der Waals surface area contributed by atoms with Crippen molar-refractivity contribution in [1.82, 2.24) is 19.4 Å². The van der Waals surface area contributed by atoms with Crippen LogP contribution >= 0.6 is 0 Å². The third-order valence-corrected chi connectivity index (χ3v) is 5.70. The van der Waals surface area contributed by atoms with Crippen LogP contribution in [0.25, 0.3) is 0 Å². The number of anilines is 2. The minimum Gasteiger partial charge on any atom is -0.363 e. The summed E-state index contributed by atoms with van der Waals surface area (Å²) in [5.41, 5.74) is 0.878. The summed E-state index contributed by atoms with van der Waals surface area (Å²) in [5.74, 6) is 1.46. The normalized spacial score (nSPS) is 16.4. The maximum Gasteiger partial charge on any atom is 0.248 e. The van der Waals surface area contributed by atoms with Gasteiger partial charge in [0.25, 0.3) is 0 Å². The Labute approximate surface area is 140 Å². The Morgan fingerprint density at radius 1 is 1.17 bits per heavy atom. The summed E-state index contributed by atoms with van der Waals surface area (Å²) in [6.07, 6.45) is 2.36. The molecule has 0 aromatic carbocycles. The zero-order valence-electron chi connectivity index (χ0n) is 13.9. The summed E-state index contributed by atoms with van der Waals surface area (Å²) >= 11 is 0. The Hall–Kier alpha value is -2.20. The summed E-state index contributed by atoms with van der Waals surface area (Å²) in [6.45, 7) is 3.71. The predicted molar refractivity (Wildman–Crippen MR) is 88.6 cm³/mol. The highest BCUT2D eigenvalue weighted by Crippen LogP contribution is 2.20. The predicted octanol–water partition coefficient (Wildman–Crippen LogP) is 0.350. The van der Waals surface area contributed by atoms with Gasteiger partial charge in [-0.1, -0.05) is 5.16 Å². The third kappa shape index (κ3) is 3.20. The number of aryl methyl sites for hydroxylation is 1. The van der Waals surface area contributed by atoms with Gasteiger partial charge in [-0.2, -0.15) is 9.29 Å². The lowest BCUT2D eigenvalue weighted by atomic mass is 10.3. The van der Waals surface area contributed by atoms with Crippen LogP contribution in [0.15, 0.2) is 27.9 Å². The van der Waals surface area contributed by atoms with Crippen LogP contribution < -0.4 is 9.80 Å². The van der Waals surface area contributed by atoms with Crippen LogP contribution in [0.2, 0.25) is 0 Å². The van der Waals surface area contributed by atoms with Crippen molar-refractivity contribution in [2.45, 2.75) is 11.8 Å². The van der Waals surface area contributed by atoms with Gasteiger partial charge in [0.05, 0.1) is 6.20 Å². The largest absolute Gasteiger partial charge is 0.363 e. The lowest BCUT2D eigenvalue weighted by Gasteiger charge is -2.34. The lowest BCUT2D eigenvalue weighted by Crippen LogP contribution is -2.49. The highest BCUT2D eigenvalue weighted by molar-refractivity contribution is 7.89. The number of rotatable bonds is 4. The van der Waals surface area contributed by atoms with E-state index < -0.39 is 10.0 Å².